The topological polar surface area (TPSA) is 42.0 Å². The lowest BCUT2D eigenvalue weighted by atomic mass is 10.1. The third-order valence-electron chi connectivity index (χ3n) is 2.90. The normalized spacial score (nSPS) is 12.2. The van der Waals surface area contributed by atoms with Gasteiger partial charge >= 0.3 is 0 Å². The Morgan fingerprint density at radius 1 is 1.47 bits per heavy atom. The van der Waals surface area contributed by atoms with E-state index in [9.17, 15) is 9.18 Å². The number of pyridine rings is 1. The summed E-state index contributed by atoms with van der Waals surface area (Å²) in [6.07, 6.45) is 1.32. The summed E-state index contributed by atoms with van der Waals surface area (Å²) in [4.78, 5) is 17.8. The van der Waals surface area contributed by atoms with E-state index >= 15 is 0 Å². The first-order valence-corrected chi connectivity index (χ1v) is 6.79. The van der Waals surface area contributed by atoms with E-state index in [-0.39, 0.29) is 11.6 Å². The number of halogens is 1. The minimum absolute atomic E-state index is 0.0287. The molecule has 0 aliphatic heterocycles. The Hall–Kier alpha value is -1.75. The number of nitrogens with one attached hydrogen (secondary N) is 1. The molecule has 0 aliphatic rings. The van der Waals surface area contributed by atoms with E-state index in [4.69, 9.17) is 0 Å². The number of aryl methyl sites for hydroxylation is 2. The fourth-order valence-electron chi connectivity index (χ4n) is 1.99. The molecule has 2 aromatic rings. The predicted molar refractivity (Wildman–Crippen MR) is 73.9 cm³/mol. The minimum atomic E-state index is -0.745. The molecule has 0 aliphatic carbocycles. The van der Waals surface area contributed by atoms with Gasteiger partial charge in [-0.25, -0.2) is 4.98 Å². The lowest BCUT2D eigenvalue weighted by Gasteiger charge is -2.14. The zero-order valence-corrected chi connectivity index (χ0v) is 11.8. The van der Waals surface area contributed by atoms with Gasteiger partial charge in [0.2, 0.25) is 5.95 Å². The summed E-state index contributed by atoms with van der Waals surface area (Å²) in [5.41, 5.74) is 1.04. The number of rotatable bonds is 3. The molecular weight excluding hydrogens is 263 g/mol. The number of hydrogen-bond donors (Lipinski definition) is 1. The maximum atomic E-state index is 13.4. The van der Waals surface area contributed by atoms with Crippen LogP contribution in [0.2, 0.25) is 0 Å². The molecule has 0 saturated heterocycles. The summed E-state index contributed by atoms with van der Waals surface area (Å²) in [7, 11) is 0. The van der Waals surface area contributed by atoms with Crippen LogP contribution in [0, 0.1) is 19.8 Å². The molecule has 0 saturated carbocycles. The fourth-order valence-corrected chi connectivity index (χ4v) is 3.01. The third-order valence-corrected chi connectivity index (χ3v) is 3.88. The molecule has 1 N–H and O–H groups in total. The summed E-state index contributed by atoms with van der Waals surface area (Å²) in [5.74, 6) is -1.19. The molecule has 1 amide bonds. The maximum absolute atomic E-state index is 13.4. The molecular formula is C14H15FN2OS. The highest BCUT2D eigenvalue weighted by Gasteiger charge is 2.17. The summed E-state index contributed by atoms with van der Waals surface area (Å²) in [5, 5.41) is 2.80. The summed E-state index contributed by atoms with van der Waals surface area (Å²) in [6.45, 7) is 5.93. The average molecular weight is 278 g/mol. The minimum Gasteiger partial charge on any atom is -0.345 e. The zero-order valence-electron chi connectivity index (χ0n) is 11.0. The third kappa shape index (κ3) is 2.98. The largest absolute Gasteiger partial charge is 0.345 e. The molecule has 3 nitrogen and oxygen atoms in total. The molecule has 2 aromatic heterocycles. The number of thiophene rings is 1. The molecule has 2 heterocycles. The smallest absolute Gasteiger partial charge is 0.256 e. The van der Waals surface area contributed by atoms with E-state index in [1.54, 1.807) is 17.4 Å². The first-order valence-electron chi connectivity index (χ1n) is 5.97. The summed E-state index contributed by atoms with van der Waals surface area (Å²) < 4.78 is 13.4. The van der Waals surface area contributed by atoms with Gasteiger partial charge in [-0.1, -0.05) is 0 Å². The van der Waals surface area contributed by atoms with Crippen molar-refractivity contribution in [2.45, 2.75) is 26.8 Å². The highest BCUT2D eigenvalue weighted by molar-refractivity contribution is 7.12. The van der Waals surface area contributed by atoms with E-state index in [0.29, 0.717) is 0 Å². The first kappa shape index (κ1) is 13.7. The standard InChI is InChI=1S/C14H15FN2OS/c1-8-7-12(10(3)19-8)9(2)17-14(18)11-5-4-6-16-13(11)15/h4-7,9H,1-3H3,(H,17,18). The molecule has 0 bridgehead atoms. The van der Waals surface area contributed by atoms with Crippen LogP contribution in [0.15, 0.2) is 24.4 Å². The molecule has 2 rings (SSSR count). The van der Waals surface area contributed by atoms with Crippen LogP contribution in [0.1, 0.15) is 38.6 Å². The molecule has 1 atom stereocenters. The maximum Gasteiger partial charge on any atom is 0.256 e. The van der Waals surface area contributed by atoms with Gasteiger partial charge in [-0.2, -0.15) is 4.39 Å². The molecule has 0 spiro atoms. The molecule has 5 heteroatoms. The van der Waals surface area contributed by atoms with Crippen LogP contribution >= 0.6 is 11.3 Å². The van der Waals surface area contributed by atoms with E-state index in [1.165, 1.54) is 17.1 Å². The van der Waals surface area contributed by atoms with Crippen LogP contribution in [0.25, 0.3) is 0 Å². The molecule has 1 unspecified atom stereocenters. The lowest BCUT2D eigenvalue weighted by molar-refractivity contribution is 0.0935. The van der Waals surface area contributed by atoms with E-state index in [0.717, 1.165) is 10.4 Å². The van der Waals surface area contributed by atoms with E-state index < -0.39 is 11.9 Å². The molecule has 0 fully saturated rings. The monoisotopic (exact) mass is 278 g/mol. The van der Waals surface area contributed by atoms with Crippen LogP contribution in [0.5, 0.6) is 0 Å². The Morgan fingerprint density at radius 2 is 2.21 bits per heavy atom. The average Bonchev–Trinajstić information content (AvgIpc) is 2.69. The van der Waals surface area contributed by atoms with Gasteiger partial charge in [-0.3, -0.25) is 4.79 Å². The summed E-state index contributed by atoms with van der Waals surface area (Å²) >= 11 is 1.69. The Labute approximate surface area is 115 Å². The van der Waals surface area contributed by atoms with Crippen LogP contribution in [-0.4, -0.2) is 10.9 Å². The van der Waals surface area contributed by atoms with Gasteiger partial charge in [0, 0.05) is 16.0 Å². The second kappa shape index (κ2) is 5.48. The number of carbonyl (C=O) groups is 1. The number of amides is 1. The number of nitrogens with zero attached hydrogens (tertiary/aromatic N) is 1. The predicted octanol–water partition coefficient (Wildman–Crippen LogP) is 3.39. The molecule has 100 valence electrons. The Balaban J connectivity index is 2.15. The van der Waals surface area contributed by atoms with Crippen LogP contribution in [0.3, 0.4) is 0 Å². The van der Waals surface area contributed by atoms with Crippen molar-refractivity contribution >= 4 is 17.2 Å². The Morgan fingerprint density at radius 3 is 2.79 bits per heavy atom. The number of aromatic nitrogens is 1. The van der Waals surface area contributed by atoms with Gasteiger partial charge in [0.05, 0.1) is 11.6 Å². The second-order valence-electron chi connectivity index (χ2n) is 4.41. The molecule has 0 radical (unpaired) electrons. The SMILES string of the molecule is Cc1cc(C(C)NC(=O)c2cccnc2F)c(C)s1. The van der Waals surface area contributed by atoms with Gasteiger partial charge in [-0.15, -0.1) is 11.3 Å². The first-order chi connectivity index (χ1) is 8.99. The fraction of sp³-hybridized carbons (Fsp3) is 0.286. The van der Waals surface area contributed by atoms with Crippen LogP contribution in [0.4, 0.5) is 4.39 Å². The van der Waals surface area contributed by atoms with Gasteiger partial charge < -0.3 is 5.32 Å². The van der Waals surface area contributed by atoms with Crippen molar-refractivity contribution in [3.8, 4) is 0 Å². The van der Waals surface area contributed by atoms with Crippen LogP contribution in [-0.2, 0) is 0 Å². The van der Waals surface area contributed by atoms with E-state index in [2.05, 4.69) is 10.3 Å². The molecule has 19 heavy (non-hydrogen) atoms. The number of hydrogen-bond acceptors (Lipinski definition) is 3. The van der Waals surface area contributed by atoms with E-state index in [1.807, 2.05) is 26.8 Å². The van der Waals surface area contributed by atoms with Crippen molar-refractivity contribution < 1.29 is 9.18 Å². The van der Waals surface area contributed by atoms with Crippen molar-refractivity contribution in [1.82, 2.24) is 10.3 Å². The second-order valence-corrected chi connectivity index (χ2v) is 5.87. The lowest BCUT2D eigenvalue weighted by Crippen LogP contribution is -2.27. The Kier molecular flexibility index (Phi) is 3.95. The van der Waals surface area contributed by atoms with Gasteiger partial charge in [0.1, 0.15) is 0 Å². The van der Waals surface area contributed by atoms with Crippen LogP contribution < -0.4 is 5.32 Å². The van der Waals surface area contributed by atoms with Crippen molar-refractivity contribution in [3.05, 3.63) is 51.2 Å². The zero-order chi connectivity index (χ0) is 14.0. The number of carbonyl (C=O) groups excluding carboxylic acids is 1. The van der Waals surface area contributed by atoms with Crippen molar-refractivity contribution in [1.29, 1.82) is 0 Å². The van der Waals surface area contributed by atoms with Gasteiger partial charge in [0.15, 0.2) is 0 Å². The quantitative estimate of drug-likeness (QED) is 0.874. The highest BCUT2D eigenvalue weighted by atomic mass is 32.1. The van der Waals surface area contributed by atoms with Gasteiger partial charge in [0.25, 0.3) is 5.91 Å². The van der Waals surface area contributed by atoms with Crippen molar-refractivity contribution in [2.24, 2.45) is 0 Å². The molecule has 0 aromatic carbocycles. The van der Waals surface area contributed by atoms with Crippen molar-refractivity contribution in [3.63, 3.8) is 0 Å². The highest BCUT2D eigenvalue weighted by Crippen LogP contribution is 2.26. The Bertz CT molecular complexity index is 609. The van der Waals surface area contributed by atoms with Gasteiger partial charge in [-0.05, 0) is 44.5 Å². The summed E-state index contributed by atoms with van der Waals surface area (Å²) in [6, 6.07) is 4.86. The van der Waals surface area contributed by atoms with Crippen molar-refractivity contribution in [2.75, 3.05) is 0 Å².